The van der Waals surface area contributed by atoms with Gasteiger partial charge in [-0.3, -0.25) is 9.59 Å². The molecule has 7 heteroatoms. The van der Waals surface area contributed by atoms with Crippen molar-refractivity contribution in [2.45, 2.75) is 12.5 Å². The second-order valence-corrected chi connectivity index (χ2v) is 4.88. The molecule has 2 aromatic rings. The first kappa shape index (κ1) is 12.6. The third-order valence-electron chi connectivity index (χ3n) is 3.57. The quantitative estimate of drug-likeness (QED) is 0.776. The van der Waals surface area contributed by atoms with Crippen molar-refractivity contribution in [1.82, 2.24) is 24.5 Å². The second-order valence-electron chi connectivity index (χ2n) is 4.88. The largest absolute Gasteiger partial charge is 0.336 e. The van der Waals surface area contributed by atoms with Gasteiger partial charge in [0.1, 0.15) is 5.56 Å². The summed E-state index contributed by atoms with van der Waals surface area (Å²) in [7, 11) is 1.64. The van der Waals surface area contributed by atoms with Gasteiger partial charge in [0.2, 0.25) is 0 Å². The van der Waals surface area contributed by atoms with E-state index in [1.165, 1.54) is 4.57 Å². The van der Waals surface area contributed by atoms with Gasteiger partial charge < -0.3 is 9.47 Å². The third kappa shape index (κ3) is 2.11. The van der Waals surface area contributed by atoms with Crippen molar-refractivity contribution in [2.24, 2.45) is 7.05 Å². The molecule has 0 N–H and O–H groups in total. The lowest BCUT2D eigenvalue weighted by Crippen LogP contribution is -2.35. The van der Waals surface area contributed by atoms with Crippen molar-refractivity contribution in [3.63, 3.8) is 0 Å². The molecule has 3 rings (SSSR count). The fourth-order valence-corrected chi connectivity index (χ4v) is 2.46. The molecule has 0 bridgehead atoms. The summed E-state index contributed by atoms with van der Waals surface area (Å²) in [5.41, 5.74) is -0.0535. The molecule has 1 aliphatic heterocycles. The van der Waals surface area contributed by atoms with Crippen LogP contribution < -0.4 is 5.56 Å². The lowest BCUT2D eigenvalue weighted by molar-refractivity contribution is 0.0784. The van der Waals surface area contributed by atoms with E-state index in [-0.39, 0.29) is 23.1 Å². The lowest BCUT2D eigenvalue weighted by Gasteiger charge is -2.16. The maximum Gasteiger partial charge on any atom is 0.263 e. The number of rotatable bonds is 2. The number of carbonyl (C=O) groups excluding carboxylic acids is 1. The van der Waals surface area contributed by atoms with E-state index in [4.69, 9.17) is 0 Å². The molecule has 1 unspecified atom stereocenters. The fraction of sp³-hybridized carbons (Fsp3) is 0.385. The summed E-state index contributed by atoms with van der Waals surface area (Å²) < 4.78 is 1.41. The third-order valence-corrected chi connectivity index (χ3v) is 3.57. The average molecular weight is 273 g/mol. The number of likely N-dealkylation sites (tertiary alicyclic amines) is 1. The van der Waals surface area contributed by atoms with Crippen LogP contribution in [-0.2, 0) is 7.05 Å². The molecule has 1 fully saturated rings. The van der Waals surface area contributed by atoms with Gasteiger partial charge in [-0.1, -0.05) is 0 Å². The predicted octanol–water partition coefficient (Wildman–Crippen LogP) is 0.0640. The van der Waals surface area contributed by atoms with E-state index in [9.17, 15) is 9.59 Å². The Morgan fingerprint density at radius 1 is 1.35 bits per heavy atom. The smallest absolute Gasteiger partial charge is 0.263 e. The van der Waals surface area contributed by atoms with E-state index >= 15 is 0 Å². The Morgan fingerprint density at radius 2 is 2.10 bits per heavy atom. The molecule has 0 aromatic carbocycles. The van der Waals surface area contributed by atoms with Crippen LogP contribution in [0.25, 0.3) is 0 Å². The Labute approximate surface area is 115 Å². The summed E-state index contributed by atoms with van der Waals surface area (Å²) in [4.78, 5) is 27.7. The number of nitrogens with zero attached hydrogens (tertiary/aromatic N) is 5. The standard InChI is InChI=1S/C13H15N5O2/c1-16-7-2-3-11(12(16)19)13(20)17-8-4-10(9-17)18-14-5-6-15-18/h2-3,5-7,10H,4,8-9H2,1H3. The van der Waals surface area contributed by atoms with Crippen molar-refractivity contribution < 1.29 is 4.79 Å². The van der Waals surface area contributed by atoms with E-state index in [0.717, 1.165) is 6.42 Å². The van der Waals surface area contributed by atoms with Gasteiger partial charge in [0.25, 0.3) is 11.5 Å². The number of aryl methyl sites for hydroxylation is 1. The van der Waals surface area contributed by atoms with Crippen molar-refractivity contribution in [3.05, 3.63) is 46.6 Å². The number of hydrogen-bond donors (Lipinski definition) is 0. The van der Waals surface area contributed by atoms with Crippen LogP contribution in [0.3, 0.4) is 0 Å². The first-order chi connectivity index (χ1) is 9.66. The highest BCUT2D eigenvalue weighted by Gasteiger charge is 2.30. The molecule has 0 saturated carbocycles. The molecule has 1 atom stereocenters. The summed E-state index contributed by atoms with van der Waals surface area (Å²) in [6.07, 6.45) is 5.68. The zero-order chi connectivity index (χ0) is 14.1. The number of aromatic nitrogens is 4. The summed E-state index contributed by atoms with van der Waals surface area (Å²) >= 11 is 0. The van der Waals surface area contributed by atoms with E-state index < -0.39 is 0 Å². The molecule has 1 amide bonds. The van der Waals surface area contributed by atoms with Crippen LogP contribution in [-0.4, -0.2) is 43.5 Å². The highest BCUT2D eigenvalue weighted by Crippen LogP contribution is 2.20. The van der Waals surface area contributed by atoms with Crippen molar-refractivity contribution in [1.29, 1.82) is 0 Å². The minimum atomic E-state index is -0.266. The van der Waals surface area contributed by atoms with E-state index in [2.05, 4.69) is 10.2 Å². The topological polar surface area (TPSA) is 73.0 Å². The molecule has 7 nitrogen and oxygen atoms in total. The van der Waals surface area contributed by atoms with Crippen molar-refractivity contribution in [2.75, 3.05) is 13.1 Å². The molecule has 2 aromatic heterocycles. The SMILES string of the molecule is Cn1cccc(C(=O)N2CCC(n3nccn3)C2)c1=O. The molecule has 104 valence electrons. The van der Waals surface area contributed by atoms with E-state index in [0.29, 0.717) is 13.1 Å². The van der Waals surface area contributed by atoms with Gasteiger partial charge in [-0.2, -0.15) is 15.0 Å². The molecule has 1 aliphatic rings. The maximum absolute atomic E-state index is 12.4. The molecule has 0 spiro atoms. The van der Waals surface area contributed by atoms with Crippen LogP contribution in [0.5, 0.6) is 0 Å². The maximum atomic E-state index is 12.4. The number of hydrogen-bond acceptors (Lipinski definition) is 4. The van der Waals surface area contributed by atoms with Crippen LogP contribution in [0.1, 0.15) is 22.8 Å². The summed E-state index contributed by atoms with van der Waals surface area (Å²) in [6, 6.07) is 3.36. The van der Waals surface area contributed by atoms with Crippen LogP contribution in [0.15, 0.2) is 35.5 Å². The monoisotopic (exact) mass is 273 g/mol. The molecular formula is C13H15N5O2. The van der Waals surface area contributed by atoms with Crippen LogP contribution in [0.4, 0.5) is 0 Å². The Bertz CT molecular complexity index is 676. The van der Waals surface area contributed by atoms with Crippen LogP contribution >= 0.6 is 0 Å². The molecule has 0 aliphatic carbocycles. The number of amides is 1. The van der Waals surface area contributed by atoms with Gasteiger partial charge in [-0.25, -0.2) is 0 Å². The zero-order valence-corrected chi connectivity index (χ0v) is 11.1. The number of pyridine rings is 1. The zero-order valence-electron chi connectivity index (χ0n) is 11.1. The molecule has 0 radical (unpaired) electrons. The van der Waals surface area contributed by atoms with Gasteiger partial charge >= 0.3 is 0 Å². The summed E-state index contributed by atoms with van der Waals surface area (Å²) in [6.45, 7) is 1.15. The Kier molecular flexibility index (Phi) is 3.09. The van der Waals surface area contributed by atoms with Crippen molar-refractivity contribution in [3.8, 4) is 0 Å². The van der Waals surface area contributed by atoms with Gasteiger partial charge in [0.15, 0.2) is 0 Å². The minimum Gasteiger partial charge on any atom is -0.336 e. The highest BCUT2D eigenvalue weighted by atomic mass is 16.2. The molecule has 20 heavy (non-hydrogen) atoms. The van der Waals surface area contributed by atoms with Crippen molar-refractivity contribution >= 4 is 5.91 Å². The summed E-state index contributed by atoms with van der Waals surface area (Å²) in [5, 5.41) is 8.20. The molecule has 1 saturated heterocycles. The van der Waals surface area contributed by atoms with Gasteiger partial charge in [-0.05, 0) is 18.6 Å². The normalized spacial score (nSPS) is 18.4. The van der Waals surface area contributed by atoms with E-state index in [1.807, 2.05) is 0 Å². The molecule has 3 heterocycles. The molecular weight excluding hydrogens is 258 g/mol. The second kappa shape index (κ2) is 4.92. The Balaban J connectivity index is 1.79. The fourth-order valence-electron chi connectivity index (χ4n) is 2.46. The van der Waals surface area contributed by atoms with Gasteiger partial charge in [0.05, 0.1) is 18.4 Å². The average Bonchev–Trinajstić information content (AvgIpc) is 3.11. The first-order valence-electron chi connectivity index (χ1n) is 6.47. The highest BCUT2D eigenvalue weighted by molar-refractivity contribution is 5.94. The minimum absolute atomic E-state index is 0.0847. The summed E-state index contributed by atoms with van der Waals surface area (Å²) in [5.74, 6) is -0.221. The Hall–Kier alpha value is -2.44. The lowest BCUT2D eigenvalue weighted by atomic mass is 10.2. The van der Waals surface area contributed by atoms with Gasteiger partial charge in [-0.15, -0.1) is 0 Å². The van der Waals surface area contributed by atoms with E-state index in [1.54, 1.807) is 47.5 Å². The van der Waals surface area contributed by atoms with Crippen LogP contribution in [0.2, 0.25) is 0 Å². The predicted molar refractivity (Wildman–Crippen MR) is 71.3 cm³/mol. The number of carbonyl (C=O) groups is 1. The Morgan fingerprint density at radius 3 is 2.85 bits per heavy atom. The first-order valence-corrected chi connectivity index (χ1v) is 6.47. The van der Waals surface area contributed by atoms with Gasteiger partial charge in [0, 0.05) is 26.3 Å². The van der Waals surface area contributed by atoms with Crippen LogP contribution in [0, 0.1) is 0 Å².